The lowest BCUT2D eigenvalue weighted by Gasteiger charge is -2.07. The van der Waals surface area contributed by atoms with Gasteiger partial charge in [-0.2, -0.15) is 13.2 Å². The van der Waals surface area contributed by atoms with Gasteiger partial charge in [-0.3, -0.25) is 4.79 Å². The van der Waals surface area contributed by atoms with Gasteiger partial charge in [-0.05, 0) is 17.7 Å². The number of hydrogen-bond donors (Lipinski definition) is 1. The highest BCUT2D eigenvalue weighted by Gasteiger charge is 2.27. The zero-order chi connectivity index (χ0) is 13.6. The zero-order valence-electron chi connectivity index (χ0n) is 9.00. The van der Waals surface area contributed by atoms with E-state index in [4.69, 9.17) is 11.6 Å². The molecule has 0 saturated carbocycles. The van der Waals surface area contributed by atoms with Gasteiger partial charge in [-0.25, -0.2) is 9.97 Å². The Morgan fingerprint density at radius 3 is 2.83 bits per heavy atom. The summed E-state index contributed by atoms with van der Waals surface area (Å²) in [6, 6.07) is 1.40. The molecule has 0 fully saturated rings. The topological polar surface area (TPSA) is 64.1 Å². The van der Waals surface area contributed by atoms with Gasteiger partial charge in [0.05, 0.1) is 13.0 Å². The minimum absolute atomic E-state index is 0.0406. The van der Waals surface area contributed by atoms with Crippen molar-refractivity contribution in [3.05, 3.63) is 17.5 Å². The molecule has 9 heteroatoms. The van der Waals surface area contributed by atoms with Crippen molar-refractivity contribution in [1.82, 2.24) is 9.97 Å². The minimum Gasteiger partial charge on any atom is -0.372 e. The number of amides is 1. The summed E-state index contributed by atoms with van der Waals surface area (Å²) in [4.78, 5) is 18.6. The van der Waals surface area contributed by atoms with Crippen LogP contribution in [0.4, 0.5) is 19.0 Å². The molecule has 0 aliphatic carbocycles. The van der Waals surface area contributed by atoms with Gasteiger partial charge < -0.3 is 10.1 Å². The van der Waals surface area contributed by atoms with Gasteiger partial charge in [-0.15, -0.1) is 0 Å². The number of carbonyl (C=O) groups excluding carboxylic acids is 1. The summed E-state index contributed by atoms with van der Waals surface area (Å²) < 4.78 is 39.4. The lowest BCUT2D eigenvalue weighted by Crippen LogP contribution is -2.20. The molecule has 18 heavy (non-hydrogen) atoms. The molecule has 0 aromatic carbocycles. The molecule has 0 radical (unpaired) electrons. The smallest absolute Gasteiger partial charge is 0.372 e. The van der Waals surface area contributed by atoms with Gasteiger partial charge in [0, 0.05) is 6.20 Å². The molecule has 5 nitrogen and oxygen atoms in total. The van der Waals surface area contributed by atoms with Gasteiger partial charge in [0.15, 0.2) is 0 Å². The summed E-state index contributed by atoms with van der Waals surface area (Å²) in [6.45, 7) is -1.70. The number of hydrogen-bond acceptors (Lipinski definition) is 4. The van der Waals surface area contributed by atoms with Crippen LogP contribution >= 0.6 is 11.6 Å². The van der Waals surface area contributed by atoms with Crippen molar-refractivity contribution in [2.45, 2.75) is 12.6 Å². The Morgan fingerprint density at radius 1 is 1.50 bits per heavy atom. The number of aromatic nitrogens is 2. The van der Waals surface area contributed by atoms with E-state index in [9.17, 15) is 18.0 Å². The van der Waals surface area contributed by atoms with Crippen LogP contribution in [0.2, 0.25) is 5.28 Å². The third-order valence-electron chi connectivity index (χ3n) is 1.63. The van der Waals surface area contributed by atoms with E-state index in [1.54, 1.807) is 0 Å². The summed E-state index contributed by atoms with van der Waals surface area (Å²) in [5, 5.41) is 2.30. The predicted octanol–water partition coefficient (Wildman–Crippen LogP) is 2.04. The normalized spacial score (nSPS) is 11.3. The van der Waals surface area contributed by atoms with Crippen molar-refractivity contribution in [2.75, 3.05) is 18.5 Å². The van der Waals surface area contributed by atoms with E-state index in [-0.39, 0.29) is 24.1 Å². The monoisotopic (exact) mass is 283 g/mol. The number of nitrogens with zero attached hydrogens (tertiary/aromatic N) is 2. The highest BCUT2D eigenvalue weighted by atomic mass is 35.5. The second-order valence-electron chi connectivity index (χ2n) is 3.18. The SMILES string of the molecule is O=C(CCOCC(F)(F)F)Nc1ccnc(Cl)n1. The van der Waals surface area contributed by atoms with Crippen molar-refractivity contribution < 1.29 is 22.7 Å². The summed E-state index contributed by atoms with van der Waals surface area (Å²) in [6.07, 6.45) is -3.26. The number of carbonyl (C=O) groups is 1. The Kier molecular flexibility index (Phi) is 5.29. The summed E-state index contributed by atoms with van der Waals surface area (Å²) in [5.41, 5.74) is 0. The molecule has 0 aliphatic rings. The van der Waals surface area contributed by atoms with Gasteiger partial charge in [-0.1, -0.05) is 0 Å². The van der Waals surface area contributed by atoms with E-state index in [1.807, 2.05) is 0 Å². The number of ether oxygens (including phenoxy) is 1. The van der Waals surface area contributed by atoms with Crippen LogP contribution in [0.3, 0.4) is 0 Å². The quantitative estimate of drug-likeness (QED) is 0.663. The average molecular weight is 284 g/mol. The zero-order valence-corrected chi connectivity index (χ0v) is 9.75. The molecule has 1 amide bonds. The van der Waals surface area contributed by atoms with Crippen molar-refractivity contribution >= 4 is 23.3 Å². The first kappa shape index (κ1) is 14.7. The van der Waals surface area contributed by atoms with E-state index in [1.165, 1.54) is 12.3 Å². The first-order valence-electron chi connectivity index (χ1n) is 4.80. The Balaban J connectivity index is 2.26. The number of halogens is 4. The second kappa shape index (κ2) is 6.50. The van der Waals surface area contributed by atoms with E-state index in [2.05, 4.69) is 20.0 Å². The summed E-state index contributed by atoms with van der Waals surface area (Å²) in [7, 11) is 0. The Bertz CT molecular complexity index is 414. The molecule has 1 rings (SSSR count). The molecule has 0 bridgehead atoms. The number of rotatable bonds is 5. The Labute approximate surface area is 105 Å². The van der Waals surface area contributed by atoms with E-state index < -0.39 is 18.7 Å². The van der Waals surface area contributed by atoms with Crippen LogP contribution in [0.15, 0.2) is 12.3 Å². The van der Waals surface area contributed by atoms with Crippen molar-refractivity contribution in [1.29, 1.82) is 0 Å². The van der Waals surface area contributed by atoms with Crippen LogP contribution < -0.4 is 5.32 Å². The standard InChI is InChI=1S/C9H9ClF3N3O2/c10-8-14-3-1-6(16-8)15-7(17)2-4-18-5-9(11,12)13/h1,3H,2,4-5H2,(H,14,15,16,17). The first-order valence-corrected chi connectivity index (χ1v) is 5.17. The van der Waals surface area contributed by atoms with E-state index in [0.717, 1.165) is 0 Å². The van der Waals surface area contributed by atoms with Crippen LogP contribution in [0, 0.1) is 0 Å². The number of alkyl halides is 3. The van der Waals surface area contributed by atoms with Crippen LogP contribution in [-0.4, -0.2) is 35.3 Å². The van der Waals surface area contributed by atoms with Gasteiger partial charge in [0.2, 0.25) is 11.2 Å². The molecule has 1 heterocycles. The van der Waals surface area contributed by atoms with E-state index in [0.29, 0.717) is 0 Å². The van der Waals surface area contributed by atoms with Gasteiger partial charge in [0.1, 0.15) is 12.4 Å². The predicted molar refractivity (Wildman–Crippen MR) is 57.2 cm³/mol. The van der Waals surface area contributed by atoms with Crippen LogP contribution in [0.1, 0.15) is 6.42 Å². The van der Waals surface area contributed by atoms with Crippen LogP contribution in [0.25, 0.3) is 0 Å². The number of nitrogens with one attached hydrogen (secondary N) is 1. The molecule has 100 valence electrons. The molecular formula is C9H9ClF3N3O2. The van der Waals surface area contributed by atoms with Crippen molar-refractivity contribution in [3.8, 4) is 0 Å². The van der Waals surface area contributed by atoms with Gasteiger partial charge in [0.25, 0.3) is 0 Å². The second-order valence-corrected chi connectivity index (χ2v) is 3.51. The molecule has 1 aromatic heterocycles. The summed E-state index contributed by atoms with van der Waals surface area (Å²) >= 11 is 5.48. The highest BCUT2D eigenvalue weighted by molar-refractivity contribution is 6.28. The third-order valence-corrected chi connectivity index (χ3v) is 1.81. The lowest BCUT2D eigenvalue weighted by molar-refractivity contribution is -0.174. The Morgan fingerprint density at radius 2 is 2.22 bits per heavy atom. The fourth-order valence-corrected chi connectivity index (χ4v) is 1.11. The largest absolute Gasteiger partial charge is 0.411 e. The summed E-state index contributed by atoms with van der Waals surface area (Å²) in [5.74, 6) is -0.345. The van der Waals surface area contributed by atoms with Crippen molar-refractivity contribution in [2.24, 2.45) is 0 Å². The molecule has 0 aliphatic heterocycles. The Hall–Kier alpha value is -1.41. The molecule has 1 N–H and O–H groups in total. The molecule has 0 spiro atoms. The van der Waals surface area contributed by atoms with Gasteiger partial charge >= 0.3 is 6.18 Å². The highest BCUT2D eigenvalue weighted by Crippen LogP contribution is 2.14. The molecular weight excluding hydrogens is 275 g/mol. The molecule has 0 saturated heterocycles. The molecule has 0 atom stereocenters. The molecule has 0 unspecified atom stereocenters. The van der Waals surface area contributed by atoms with E-state index >= 15 is 0 Å². The maximum Gasteiger partial charge on any atom is 0.411 e. The fourth-order valence-electron chi connectivity index (χ4n) is 0.963. The fraction of sp³-hybridized carbons (Fsp3) is 0.444. The maximum absolute atomic E-state index is 11.7. The first-order chi connectivity index (χ1) is 8.37. The maximum atomic E-state index is 11.7. The third kappa shape index (κ3) is 6.36. The van der Waals surface area contributed by atoms with Crippen molar-refractivity contribution in [3.63, 3.8) is 0 Å². The minimum atomic E-state index is -4.39. The number of anilines is 1. The van der Waals surface area contributed by atoms with Crippen LogP contribution in [0.5, 0.6) is 0 Å². The van der Waals surface area contributed by atoms with Crippen LogP contribution in [-0.2, 0) is 9.53 Å². The average Bonchev–Trinajstić information content (AvgIpc) is 2.23. The molecule has 1 aromatic rings. The lowest BCUT2D eigenvalue weighted by atomic mass is 10.4.